The first kappa shape index (κ1) is 22.9. The number of benzene rings is 2. The number of primary amides is 1. The van der Waals surface area contributed by atoms with E-state index in [1.807, 2.05) is 6.07 Å². The van der Waals surface area contributed by atoms with Crippen LogP contribution in [0.4, 0.5) is 5.69 Å². The highest BCUT2D eigenvalue weighted by Crippen LogP contribution is 2.28. The van der Waals surface area contributed by atoms with E-state index in [9.17, 15) is 14.4 Å². The van der Waals surface area contributed by atoms with Gasteiger partial charge in [0.05, 0.1) is 25.3 Å². The Labute approximate surface area is 178 Å². The smallest absolute Gasteiger partial charge is 0.329 e. The minimum absolute atomic E-state index is 0.257. The molecule has 0 spiro atoms. The van der Waals surface area contributed by atoms with Gasteiger partial charge in [-0.05, 0) is 48.4 Å². The molecule has 0 fully saturated rings. The fourth-order valence-electron chi connectivity index (χ4n) is 2.34. The SMILES string of the molecule is CCOc1cc(C=NNC(=O)C(=O)Nc2ccc(CC#N)cc2)ccc1OCC(N)=O. The lowest BCUT2D eigenvalue weighted by atomic mass is 10.1. The van der Waals surface area contributed by atoms with Crippen LogP contribution in [0.25, 0.3) is 0 Å². The molecule has 10 heteroatoms. The first-order valence-corrected chi connectivity index (χ1v) is 9.21. The van der Waals surface area contributed by atoms with E-state index in [0.717, 1.165) is 5.56 Å². The molecule has 3 amide bonds. The van der Waals surface area contributed by atoms with Crippen LogP contribution in [-0.4, -0.2) is 37.1 Å². The molecule has 0 aromatic heterocycles. The first-order chi connectivity index (χ1) is 14.9. The molecule has 2 aromatic carbocycles. The highest BCUT2D eigenvalue weighted by molar-refractivity contribution is 6.39. The predicted octanol–water partition coefficient (Wildman–Crippen LogP) is 1.10. The second-order valence-corrected chi connectivity index (χ2v) is 6.08. The zero-order chi connectivity index (χ0) is 22.6. The number of nitrogens with zero attached hydrogens (tertiary/aromatic N) is 2. The van der Waals surface area contributed by atoms with E-state index in [1.54, 1.807) is 49.4 Å². The van der Waals surface area contributed by atoms with Crippen molar-refractivity contribution in [3.8, 4) is 17.6 Å². The van der Waals surface area contributed by atoms with Gasteiger partial charge < -0.3 is 20.5 Å². The highest BCUT2D eigenvalue weighted by atomic mass is 16.5. The van der Waals surface area contributed by atoms with Gasteiger partial charge in [-0.25, -0.2) is 5.43 Å². The Morgan fingerprint density at radius 1 is 1.10 bits per heavy atom. The Morgan fingerprint density at radius 3 is 2.48 bits per heavy atom. The molecule has 0 atom stereocenters. The maximum atomic E-state index is 12.0. The number of hydrogen-bond acceptors (Lipinski definition) is 7. The summed E-state index contributed by atoms with van der Waals surface area (Å²) in [6.07, 6.45) is 1.58. The second-order valence-electron chi connectivity index (χ2n) is 6.08. The first-order valence-electron chi connectivity index (χ1n) is 9.21. The molecule has 0 bridgehead atoms. The molecule has 0 aliphatic carbocycles. The second kappa shape index (κ2) is 11.6. The molecule has 2 rings (SSSR count). The van der Waals surface area contributed by atoms with Crippen LogP contribution >= 0.6 is 0 Å². The van der Waals surface area contributed by atoms with Crippen molar-refractivity contribution in [3.63, 3.8) is 0 Å². The van der Waals surface area contributed by atoms with E-state index in [4.69, 9.17) is 20.5 Å². The van der Waals surface area contributed by atoms with Crippen LogP contribution in [0.15, 0.2) is 47.6 Å². The van der Waals surface area contributed by atoms with Gasteiger partial charge in [0.2, 0.25) is 0 Å². The van der Waals surface area contributed by atoms with Crippen LogP contribution in [-0.2, 0) is 20.8 Å². The third-order valence-corrected chi connectivity index (χ3v) is 3.72. The number of nitriles is 1. The van der Waals surface area contributed by atoms with Crippen molar-refractivity contribution in [1.82, 2.24) is 5.43 Å². The number of anilines is 1. The van der Waals surface area contributed by atoms with Gasteiger partial charge in [-0.2, -0.15) is 10.4 Å². The van der Waals surface area contributed by atoms with Crippen LogP contribution in [0.2, 0.25) is 0 Å². The van der Waals surface area contributed by atoms with Gasteiger partial charge in [-0.15, -0.1) is 0 Å². The number of carbonyl (C=O) groups excluding carboxylic acids is 3. The van der Waals surface area contributed by atoms with Crippen LogP contribution < -0.4 is 25.9 Å². The van der Waals surface area contributed by atoms with Crippen LogP contribution in [0, 0.1) is 11.3 Å². The van der Waals surface area contributed by atoms with Gasteiger partial charge in [0.1, 0.15) is 0 Å². The molecular weight excluding hydrogens is 402 g/mol. The third-order valence-electron chi connectivity index (χ3n) is 3.72. The molecule has 0 saturated heterocycles. The van der Waals surface area contributed by atoms with Gasteiger partial charge in [-0.3, -0.25) is 14.4 Å². The quantitative estimate of drug-likeness (QED) is 0.311. The molecule has 0 heterocycles. The van der Waals surface area contributed by atoms with E-state index >= 15 is 0 Å². The minimum atomic E-state index is -0.955. The average molecular weight is 423 g/mol. The zero-order valence-corrected chi connectivity index (χ0v) is 16.8. The topological polar surface area (TPSA) is 156 Å². The molecule has 0 aliphatic heterocycles. The van der Waals surface area contributed by atoms with E-state index in [2.05, 4.69) is 15.8 Å². The summed E-state index contributed by atoms with van der Waals surface area (Å²) >= 11 is 0. The molecule has 0 radical (unpaired) electrons. The Kier molecular flexibility index (Phi) is 8.55. The van der Waals surface area contributed by atoms with Crippen molar-refractivity contribution in [2.45, 2.75) is 13.3 Å². The van der Waals surface area contributed by atoms with Crippen molar-refractivity contribution >= 4 is 29.6 Å². The van der Waals surface area contributed by atoms with Gasteiger partial charge in [0.15, 0.2) is 18.1 Å². The van der Waals surface area contributed by atoms with Crippen molar-refractivity contribution in [3.05, 3.63) is 53.6 Å². The number of hydrazone groups is 1. The Bertz CT molecular complexity index is 1010. The molecule has 10 nitrogen and oxygen atoms in total. The largest absolute Gasteiger partial charge is 0.490 e. The Morgan fingerprint density at radius 2 is 1.84 bits per heavy atom. The van der Waals surface area contributed by atoms with Crippen molar-refractivity contribution in [2.24, 2.45) is 10.8 Å². The van der Waals surface area contributed by atoms with E-state index < -0.39 is 17.7 Å². The van der Waals surface area contributed by atoms with Crippen LogP contribution in [0.3, 0.4) is 0 Å². The third kappa shape index (κ3) is 7.51. The summed E-state index contributed by atoms with van der Waals surface area (Å²) in [5.74, 6) is -1.76. The van der Waals surface area contributed by atoms with Gasteiger partial charge >= 0.3 is 11.8 Å². The lowest BCUT2D eigenvalue weighted by Crippen LogP contribution is -2.32. The molecule has 31 heavy (non-hydrogen) atoms. The fraction of sp³-hybridized carbons (Fsp3) is 0.190. The summed E-state index contributed by atoms with van der Waals surface area (Å²) in [7, 11) is 0. The number of rotatable bonds is 9. The standard InChI is InChI=1S/C21H21N5O5/c1-2-30-18-11-15(5-8-17(18)31-13-19(23)27)12-24-26-21(29)20(28)25-16-6-3-14(4-7-16)9-10-22/h3-8,11-12H,2,9,13H2,1H3,(H2,23,27)(H,25,28)(H,26,29). The lowest BCUT2D eigenvalue weighted by Gasteiger charge is -2.11. The summed E-state index contributed by atoms with van der Waals surface area (Å²) in [5, 5.41) is 14.8. The molecule has 0 saturated carbocycles. The predicted molar refractivity (Wildman–Crippen MR) is 112 cm³/mol. The zero-order valence-electron chi connectivity index (χ0n) is 16.8. The lowest BCUT2D eigenvalue weighted by molar-refractivity contribution is -0.136. The number of nitrogens with two attached hydrogens (primary N) is 1. The van der Waals surface area contributed by atoms with Crippen molar-refractivity contribution < 1.29 is 23.9 Å². The fourth-order valence-corrected chi connectivity index (χ4v) is 2.34. The number of hydrogen-bond donors (Lipinski definition) is 3. The minimum Gasteiger partial charge on any atom is -0.490 e. The number of nitrogens with one attached hydrogen (secondary N) is 2. The van der Waals surface area contributed by atoms with E-state index in [0.29, 0.717) is 29.4 Å². The van der Waals surface area contributed by atoms with Crippen molar-refractivity contribution in [2.75, 3.05) is 18.5 Å². The van der Waals surface area contributed by atoms with Crippen molar-refractivity contribution in [1.29, 1.82) is 5.26 Å². The molecular formula is C21H21N5O5. The van der Waals surface area contributed by atoms with Gasteiger partial charge in [-0.1, -0.05) is 12.1 Å². The Hall–Kier alpha value is -4.39. The van der Waals surface area contributed by atoms with Crippen LogP contribution in [0.1, 0.15) is 18.1 Å². The Balaban J connectivity index is 1.94. The monoisotopic (exact) mass is 423 g/mol. The summed E-state index contributed by atoms with van der Waals surface area (Å²) in [5.41, 5.74) is 8.97. The molecule has 4 N–H and O–H groups in total. The maximum absolute atomic E-state index is 12.0. The van der Waals surface area contributed by atoms with Gasteiger partial charge in [0.25, 0.3) is 5.91 Å². The van der Waals surface area contributed by atoms with Gasteiger partial charge in [0, 0.05) is 5.69 Å². The highest BCUT2D eigenvalue weighted by Gasteiger charge is 2.13. The number of amides is 3. The summed E-state index contributed by atoms with van der Waals surface area (Å²) in [6, 6.07) is 13.4. The van der Waals surface area contributed by atoms with E-state index in [1.165, 1.54) is 6.21 Å². The average Bonchev–Trinajstić information content (AvgIpc) is 2.74. The van der Waals surface area contributed by atoms with E-state index in [-0.39, 0.29) is 13.0 Å². The van der Waals surface area contributed by atoms with Crippen LogP contribution in [0.5, 0.6) is 11.5 Å². The summed E-state index contributed by atoms with van der Waals surface area (Å²) in [4.78, 5) is 34.7. The summed E-state index contributed by atoms with van der Waals surface area (Å²) in [6.45, 7) is 1.86. The molecule has 160 valence electrons. The molecule has 2 aromatic rings. The normalized spacial score (nSPS) is 10.2. The number of carbonyl (C=O) groups is 3. The number of ether oxygens (including phenoxy) is 2. The summed E-state index contributed by atoms with van der Waals surface area (Å²) < 4.78 is 10.7. The maximum Gasteiger partial charge on any atom is 0.329 e. The molecule has 0 unspecified atom stereocenters. The molecule has 0 aliphatic rings.